The van der Waals surface area contributed by atoms with Gasteiger partial charge in [-0.3, -0.25) is 9.48 Å². The van der Waals surface area contributed by atoms with Crippen LogP contribution in [0.4, 0.5) is 0 Å². The Bertz CT molecular complexity index is 427. The van der Waals surface area contributed by atoms with Gasteiger partial charge in [0.05, 0.1) is 22.8 Å². The van der Waals surface area contributed by atoms with Gasteiger partial charge in [0.15, 0.2) is 0 Å². The standard InChI is InChI=1S/C12H18BrN3O2/c1-3-16-11(9(13)7-14-16)12(17)15-8(2)10-5-4-6-18-10/h7-8,10H,3-6H2,1-2H3,(H,15,17)/t8-,10+/m1/s1. The Morgan fingerprint density at radius 2 is 2.56 bits per heavy atom. The quantitative estimate of drug-likeness (QED) is 0.924. The molecule has 2 atom stereocenters. The lowest BCUT2D eigenvalue weighted by molar-refractivity contribution is 0.0706. The van der Waals surface area contributed by atoms with Crippen molar-refractivity contribution in [1.82, 2.24) is 15.1 Å². The number of hydrogen-bond donors (Lipinski definition) is 1. The van der Waals surface area contributed by atoms with Crippen LogP contribution in [0, 0.1) is 0 Å². The summed E-state index contributed by atoms with van der Waals surface area (Å²) in [5.74, 6) is -0.107. The second-order valence-corrected chi connectivity index (χ2v) is 5.32. The van der Waals surface area contributed by atoms with E-state index in [1.807, 2.05) is 13.8 Å². The van der Waals surface area contributed by atoms with E-state index in [0.29, 0.717) is 12.2 Å². The number of nitrogens with one attached hydrogen (secondary N) is 1. The fourth-order valence-electron chi connectivity index (χ4n) is 2.19. The van der Waals surface area contributed by atoms with Crippen LogP contribution in [0.25, 0.3) is 0 Å². The van der Waals surface area contributed by atoms with E-state index in [-0.39, 0.29) is 18.1 Å². The fraction of sp³-hybridized carbons (Fsp3) is 0.667. The summed E-state index contributed by atoms with van der Waals surface area (Å²) in [7, 11) is 0. The number of ether oxygens (including phenoxy) is 1. The normalized spacial score (nSPS) is 20.9. The van der Waals surface area contributed by atoms with E-state index in [2.05, 4.69) is 26.3 Å². The molecule has 1 amide bonds. The van der Waals surface area contributed by atoms with Crippen LogP contribution in [-0.4, -0.2) is 34.4 Å². The summed E-state index contributed by atoms with van der Waals surface area (Å²) < 4.78 is 7.98. The average Bonchev–Trinajstić information content (AvgIpc) is 2.97. The van der Waals surface area contributed by atoms with Gasteiger partial charge in [0.25, 0.3) is 5.91 Å². The van der Waals surface area contributed by atoms with Crippen LogP contribution in [0.2, 0.25) is 0 Å². The molecule has 1 aromatic heterocycles. The molecule has 0 saturated carbocycles. The van der Waals surface area contributed by atoms with E-state index in [1.165, 1.54) is 0 Å². The molecule has 2 heterocycles. The molecule has 1 N–H and O–H groups in total. The Kier molecular flexibility index (Phi) is 4.40. The first-order valence-electron chi connectivity index (χ1n) is 6.27. The molecule has 6 heteroatoms. The Morgan fingerprint density at radius 1 is 1.78 bits per heavy atom. The average molecular weight is 316 g/mol. The zero-order chi connectivity index (χ0) is 13.1. The Morgan fingerprint density at radius 3 is 3.17 bits per heavy atom. The van der Waals surface area contributed by atoms with Crippen LogP contribution < -0.4 is 5.32 Å². The monoisotopic (exact) mass is 315 g/mol. The van der Waals surface area contributed by atoms with Gasteiger partial charge in [-0.05, 0) is 42.6 Å². The molecule has 1 aliphatic rings. The van der Waals surface area contributed by atoms with Crippen molar-refractivity contribution in [3.8, 4) is 0 Å². The first-order valence-corrected chi connectivity index (χ1v) is 7.06. The van der Waals surface area contributed by atoms with Gasteiger partial charge < -0.3 is 10.1 Å². The van der Waals surface area contributed by atoms with Crippen LogP contribution in [0.5, 0.6) is 0 Å². The van der Waals surface area contributed by atoms with Crippen molar-refractivity contribution in [2.75, 3.05) is 6.61 Å². The lowest BCUT2D eigenvalue weighted by atomic mass is 10.1. The Labute approximate surface area is 115 Å². The highest BCUT2D eigenvalue weighted by molar-refractivity contribution is 9.10. The van der Waals surface area contributed by atoms with Crippen molar-refractivity contribution in [2.24, 2.45) is 0 Å². The minimum Gasteiger partial charge on any atom is -0.376 e. The number of carbonyl (C=O) groups is 1. The van der Waals surface area contributed by atoms with E-state index in [0.717, 1.165) is 23.9 Å². The van der Waals surface area contributed by atoms with E-state index in [4.69, 9.17) is 4.74 Å². The topological polar surface area (TPSA) is 56.2 Å². The third kappa shape index (κ3) is 2.75. The maximum atomic E-state index is 12.2. The number of amides is 1. The molecular weight excluding hydrogens is 298 g/mol. The lowest BCUT2D eigenvalue weighted by Crippen LogP contribution is -2.41. The number of aryl methyl sites for hydroxylation is 1. The second-order valence-electron chi connectivity index (χ2n) is 4.47. The maximum absolute atomic E-state index is 12.2. The van der Waals surface area contributed by atoms with Gasteiger partial charge >= 0.3 is 0 Å². The summed E-state index contributed by atoms with van der Waals surface area (Å²) in [5.41, 5.74) is 0.572. The van der Waals surface area contributed by atoms with Gasteiger partial charge in [-0.2, -0.15) is 5.10 Å². The summed E-state index contributed by atoms with van der Waals surface area (Å²) in [6.07, 6.45) is 3.86. The van der Waals surface area contributed by atoms with Crippen molar-refractivity contribution in [3.05, 3.63) is 16.4 Å². The molecule has 0 radical (unpaired) electrons. The van der Waals surface area contributed by atoms with Crippen LogP contribution in [-0.2, 0) is 11.3 Å². The van der Waals surface area contributed by atoms with Gasteiger partial charge in [-0.1, -0.05) is 0 Å². The third-order valence-electron chi connectivity index (χ3n) is 3.19. The number of carbonyl (C=O) groups excluding carboxylic acids is 1. The van der Waals surface area contributed by atoms with Gasteiger partial charge in [0.1, 0.15) is 5.69 Å². The fourth-order valence-corrected chi connectivity index (χ4v) is 2.67. The zero-order valence-corrected chi connectivity index (χ0v) is 12.2. The van der Waals surface area contributed by atoms with E-state index >= 15 is 0 Å². The van der Waals surface area contributed by atoms with Gasteiger partial charge in [-0.25, -0.2) is 0 Å². The molecule has 0 spiro atoms. The second kappa shape index (κ2) is 5.84. The van der Waals surface area contributed by atoms with E-state index in [9.17, 15) is 4.79 Å². The summed E-state index contributed by atoms with van der Waals surface area (Å²) in [6, 6.07) is 0.0205. The first-order chi connectivity index (χ1) is 8.63. The molecule has 0 aliphatic carbocycles. The smallest absolute Gasteiger partial charge is 0.271 e. The van der Waals surface area contributed by atoms with Crippen molar-refractivity contribution in [1.29, 1.82) is 0 Å². The highest BCUT2D eigenvalue weighted by Crippen LogP contribution is 2.18. The van der Waals surface area contributed by atoms with E-state index < -0.39 is 0 Å². The summed E-state index contributed by atoms with van der Waals surface area (Å²) in [4.78, 5) is 12.2. The predicted octanol–water partition coefficient (Wildman–Crippen LogP) is 1.96. The maximum Gasteiger partial charge on any atom is 0.271 e. The minimum absolute atomic E-state index is 0.0205. The molecule has 0 aromatic carbocycles. The Hall–Kier alpha value is -0.880. The van der Waals surface area contributed by atoms with Crippen LogP contribution in [0.15, 0.2) is 10.7 Å². The summed E-state index contributed by atoms with van der Waals surface area (Å²) in [6.45, 7) is 5.40. The van der Waals surface area contributed by atoms with Crippen molar-refractivity contribution in [2.45, 2.75) is 45.4 Å². The molecule has 0 bridgehead atoms. The predicted molar refractivity (Wildman–Crippen MR) is 71.5 cm³/mol. The summed E-state index contributed by atoms with van der Waals surface area (Å²) >= 11 is 3.36. The molecule has 2 rings (SSSR count). The van der Waals surface area contributed by atoms with E-state index in [1.54, 1.807) is 10.9 Å². The number of aromatic nitrogens is 2. The molecule has 1 aromatic rings. The van der Waals surface area contributed by atoms with Gasteiger partial charge in [-0.15, -0.1) is 0 Å². The number of halogens is 1. The third-order valence-corrected chi connectivity index (χ3v) is 3.77. The molecule has 100 valence electrons. The summed E-state index contributed by atoms with van der Waals surface area (Å²) in [5, 5.41) is 7.12. The molecule has 0 unspecified atom stereocenters. The van der Waals surface area contributed by atoms with Crippen molar-refractivity contribution in [3.63, 3.8) is 0 Å². The van der Waals surface area contributed by atoms with Gasteiger partial charge in [0.2, 0.25) is 0 Å². The van der Waals surface area contributed by atoms with Crippen LogP contribution in [0.3, 0.4) is 0 Å². The molecule has 1 saturated heterocycles. The van der Waals surface area contributed by atoms with Gasteiger partial charge in [0, 0.05) is 13.2 Å². The largest absolute Gasteiger partial charge is 0.376 e. The van der Waals surface area contributed by atoms with Crippen molar-refractivity contribution < 1.29 is 9.53 Å². The van der Waals surface area contributed by atoms with Crippen LogP contribution >= 0.6 is 15.9 Å². The number of hydrogen-bond acceptors (Lipinski definition) is 3. The minimum atomic E-state index is -0.107. The SMILES string of the molecule is CCn1ncc(Br)c1C(=O)N[C@H](C)[C@@H]1CCCO1. The zero-order valence-electron chi connectivity index (χ0n) is 10.6. The molecule has 1 aliphatic heterocycles. The first kappa shape index (κ1) is 13.5. The van der Waals surface area contributed by atoms with Crippen LogP contribution in [0.1, 0.15) is 37.2 Å². The Balaban J connectivity index is 2.04. The highest BCUT2D eigenvalue weighted by atomic mass is 79.9. The molecule has 1 fully saturated rings. The highest BCUT2D eigenvalue weighted by Gasteiger charge is 2.25. The number of rotatable bonds is 4. The van der Waals surface area contributed by atoms with Crippen molar-refractivity contribution >= 4 is 21.8 Å². The lowest BCUT2D eigenvalue weighted by Gasteiger charge is -2.20. The number of nitrogens with zero attached hydrogens (tertiary/aromatic N) is 2. The molecule has 18 heavy (non-hydrogen) atoms. The molecule has 5 nitrogen and oxygen atoms in total. The molecular formula is C12H18BrN3O2.